The predicted octanol–water partition coefficient (Wildman–Crippen LogP) is 5.43. The third kappa shape index (κ3) is 5.73. The summed E-state index contributed by atoms with van der Waals surface area (Å²) in [5.41, 5.74) is -1.88. The fraction of sp³-hybridized carbons (Fsp3) is 0.320. The molecule has 2 fully saturated rings. The molecule has 13 heteroatoms. The zero-order valence-corrected chi connectivity index (χ0v) is 20.5. The van der Waals surface area contributed by atoms with Crippen molar-refractivity contribution in [3.63, 3.8) is 0 Å². The van der Waals surface area contributed by atoms with Crippen molar-refractivity contribution in [2.45, 2.75) is 37.8 Å². The van der Waals surface area contributed by atoms with E-state index in [-0.39, 0.29) is 30.1 Å². The zero-order chi connectivity index (χ0) is 27.1. The molecule has 0 aliphatic carbocycles. The monoisotopic (exact) mass is 553 g/mol. The number of aromatic nitrogens is 2. The van der Waals surface area contributed by atoms with E-state index in [1.165, 1.54) is 22.6 Å². The zero-order valence-electron chi connectivity index (χ0n) is 19.7. The molecule has 3 aromatic rings. The summed E-state index contributed by atoms with van der Waals surface area (Å²) in [6.45, 7) is 1.39. The molecule has 0 spiro atoms. The predicted molar refractivity (Wildman–Crippen MR) is 132 cm³/mol. The van der Waals surface area contributed by atoms with E-state index in [9.17, 15) is 31.1 Å². The summed E-state index contributed by atoms with van der Waals surface area (Å²) in [6.07, 6.45) is -4.90. The number of hydrogen-bond donors (Lipinski definition) is 2. The quantitative estimate of drug-likeness (QED) is 0.334. The number of carbonyl (C=O) groups excluding carboxylic acids is 1. The van der Waals surface area contributed by atoms with Crippen LogP contribution >= 0.6 is 11.8 Å². The Morgan fingerprint density at radius 1 is 1.05 bits per heavy atom. The SMILES string of the molecule is O=C1NC(=NC2CCNCC2)S/C1=C\c1ccc2c(cnn2Cc2ccc(C(F)(F)F)cc2C(F)(F)F)c1. The fourth-order valence-electron chi connectivity index (χ4n) is 4.38. The van der Waals surface area contributed by atoms with Crippen LogP contribution < -0.4 is 10.6 Å². The number of nitrogens with zero attached hydrogens (tertiary/aromatic N) is 3. The fourth-order valence-corrected chi connectivity index (χ4v) is 5.27. The second-order valence-electron chi connectivity index (χ2n) is 8.97. The highest BCUT2D eigenvalue weighted by Gasteiger charge is 2.38. The number of fused-ring (bicyclic) bond motifs is 1. The molecule has 5 rings (SSSR count). The lowest BCUT2D eigenvalue weighted by atomic mass is 10.0. The van der Waals surface area contributed by atoms with Crippen molar-refractivity contribution in [2.24, 2.45) is 4.99 Å². The van der Waals surface area contributed by atoms with Crippen LogP contribution in [0.4, 0.5) is 26.3 Å². The minimum absolute atomic E-state index is 0.123. The Bertz CT molecular complexity index is 1440. The number of halogens is 6. The van der Waals surface area contributed by atoms with Crippen LogP contribution in [0.1, 0.15) is 35.1 Å². The maximum atomic E-state index is 13.5. The standard InChI is InChI=1S/C25H21F6N5OS/c26-24(27,28)17-3-2-15(19(11-17)25(29,30)31)13-36-20-4-1-14(9-16(20)12-33-36)10-21-22(37)35-23(38-21)34-18-5-7-32-8-6-18/h1-4,9-12,18,32H,5-8,13H2,(H,34,35,37)/b21-10-. The van der Waals surface area contributed by atoms with Gasteiger partial charge in [0.15, 0.2) is 5.17 Å². The van der Waals surface area contributed by atoms with Gasteiger partial charge < -0.3 is 10.6 Å². The summed E-state index contributed by atoms with van der Waals surface area (Å²) < 4.78 is 80.9. The van der Waals surface area contributed by atoms with Crippen molar-refractivity contribution in [3.8, 4) is 0 Å². The van der Waals surface area contributed by atoms with Crippen molar-refractivity contribution in [1.82, 2.24) is 20.4 Å². The van der Waals surface area contributed by atoms with Gasteiger partial charge in [-0.05, 0) is 79.2 Å². The molecule has 1 aromatic heterocycles. The summed E-state index contributed by atoms with van der Waals surface area (Å²) in [4.78, 5) is 17.5. The molecule has 2 N–H and O–H groups in total. The van der Waals surface area contributed by atoms with E-state index in [2.05, 4.69) is 20.7 Å². The van der Waals surface area contributed by atoms with Gasteiger partial charge in [0.25, 0.3) is 5.91 Å². The van der Waals surface area contributed by atoms with Gasteiger partial charge in [-0.3, -0.25) is 14.5 Å². The minimum atomic E-state index is -4.96. The lowest BCUT2D eigenvalue weighted by molar-refractivity contribution is -0.143. The van der Waals surface area contributed by atoms with Crippen molar-refractivity contribution < 1.29 is 31.1 Å². The maximum Gasteiger partial charge on any atom is 0.416 e. The molecule has 2 aliphatic heterocycles. The van der Waals surface area contributed by atoms with Gasteiger partial charge >= 0.3 is 12.4 Å². The Morgan fingerprint density at radius 3 is 2.53 bits per heavy atom. The van der Waals surface area contributed by atoms with E-state index in [0.717, 1.165) is 32.0 Å². The van der Waals surface area contributed by atoms with Crippen molar-refractivity contribution in [3.05, 3.63) is 69.8 Å². The summed E-state index contributed by atoms with van der Waals surface area (Å²) in [7, 11) is 0. The Kier molecular flexibility index (Phi) is 6.99. The van der Waals surface area contributed by atoms with E-state index < -0.39 is 23.5 Å². The first-order valence-corrected chi connectivity index (χ1v) is 12.5. The molecule has 38 heavy (non-hydrogen) atoms. The Balaban J connectivity index is 1.38. The smallest absolute Gasteiger partial charge is 0.317 e. The molecule has 2 aromatic carbocycles. The number of amides is 1. The molecule has 0 saturated carbocycles. The molecule has 2 aliphatic rings. The van der Waals surface area contributed by atoms with Crippen LogP contribution in [0, 0.1) is 0 Å². The second-order valence-corrected chi connectivity index (χ2v) is 10.00. The van der Waals surface area contributed by atoms with E-state index in [1.807, 2.05) is 0 Å². The van der Waals surface area contributed by atoms with Gasteiger partial charge in [-0.1, -0.05) is 12.1 Å². The van der Waals surface area contributed by atoms with E-state index in [1.54, 1.807) is 24.3 Å². The molecule has 0 atom stereocenters. The maximum absolute atomic E-state index is 13.5. The minimum Gasteiger partial charge on any atom is -0.317 e. The molecule has 1 amide bonds. The molecular formula is C25H21F6N5OS. The van der Waals surface area contributed by atoms with Crippen LogP contribution in [-0.2, 0) is 23.7 Å². The van der Waals surface area contributed by atoms with Crippen LogP contribution in [0.2, 0.25) is 0 Å². The molecule has 0 bridgehead atoms. The third-order valence-corrected chi connectivity index (χ3v) is 7.21. The third-order valence-electron chi connectivity index (χ3n) is 6.29. The van der Waals surface area contributed by atoms with Gasteiger partial charge in [0.05, 0.1) is 40.3 Å². The summed E-state index contributed by atoms with van der Waals surface area (Å²) in [6, 6.07) is 6.82. The number of aliphatic imine (C=N–C) groups is 1. The van der Waals surface area contributed by atoms with Crippen LogP contribution in [0.5, 0.6) is 0 Å². The highest BCUT2D eigenvalue weighted by Crippen LogP contribution is 2.38. The van der Waals surface area contributed by atoms with Gasteiger partial charge in [0.2, 0.25) is 0 Å². The van der Waals surface area contributed by atoms with Gasteiger partial charge in [0, 0.05) is 5.39 Å². The number of hydrogen-bond acceptors (Lipinski definition) is 5. The number of benzene rings is 2. The number of thioether (sulfide) groups is 1. The highest BCUT2D eigenvalue weighted by atomic mass is 32.2. The summed E-state index contributed by atoms with van der Waals surface area (Å²) >= 11 is 1.25. The number of nitrogens with one attached hydrogen (secondary N) is 2. The number of alkyl halides is 6. The van der Waals surface area contributed by atoms with E-state index in [4.69, 9.17) is 0 Å². The molecule has 0 radical (unpaired) electrons. The van der Waals surface area contributed by atoms with Crippen LogP contribution in [-0.4, -0.2) is 40.0 Å². The Morgan fingerprint density at radius 2 is 1.82 bits per heavy atom. The average molecular weight is 554 g/mol. The Hall–Kier alpha value is -3.32. The molecule has 6 nitrogen and oxygen atoms in total. The van der Waals surface area contributed by atoms with Gasteiger partial charge in [0.1, 0.15) is 0 Å². The van der Waals surface area contributed by atoms with Crippen molar-refractivity contribution >= 4 is 39.8 Å². The Labute approximate surface area is 217 Å². The summed E-state index contributed by atoms with van der Waals surface area (Å²) in [5.74, 6) is -0.263. The molecule has 0 unspecified atom stereocenters. The van der Waals surface area contributed by atoms with E-state index in [0.29, 0.717) is 32.6 Å². The van der Waals surface area contributed by atoms with Gasteiger partial charge in [-0.15, -0.1) is 0 Å². The van der Waals surface area contributed by atoms with Crippen LogP contribution in [0.3, 0.4) is 0 Å². The molecule has 200 valence electrons. The first kappa shape index (κ1) is 26.3. The normalized spacial score (nSPS) is 19.6. The van der Waals surface area contributed by atoms with E-state index >= 15 is 0 Å². The number of piperidine rings is 1. The largest absolute Gasteiger partial charge is 0.416 e. The average Bonchev–Trinajstić information content (AvgIpc) is 3.40. The first-order valence-electron chi connectivity index (χ1n) is 11.7. The lowest BCUT2D eigenvalue weighted by Crippen LogP contribution is -2.31. The van der Waals surface area contributed by atoms with Crippen molar-refractivity contribution in [1.29, 1.82) is 0 Å². The van der Waals surface area contributed by atoms with Crippen LogP contribution in [0.25, 0.3) is 17.0 Å². The van der Waals surface area contributed by atoms with Crippen molar-refractivity contribution in [2.75, 3.05) is 13.1 Å². The summed E-state index contributed by atoms with van der Waals surface area (Å²) in [5, 5.41) is 11.3. The van der Waals surface area contributed by atoms with Gasteiger partial charge in [-0.25, -0.2) is 0 Å². The van der Waals surface area contributed by atoms with Gasteiger partial charge in [-0.2, -0.15) is 31.4 Å². The highest BCUT2D eigenvalue weighted by molar-refractivity contribution is 8.18. The topological polar surface area (TPSA) is 71.3 Å². The van der Waals surface area contributed by atoms with Crippen LogP contribution in [0.15, 0.2) is 52.5 Å². The number of rotatable bonds is 4. The lowest BCUT2D eigenvalue weighted by Gasteiger charge is -2.19. The second kappa shape index (κ2) is 10.1. The number of carbonyl (C=O) groups is 1. The molecule has 2 saturated heterocycles. The molecular weight excluding hydrogens is 532 g/mol. The molecule has 3 heterocycles. The first-order chi connectivity index (χ1) is 18.0. The number of amidine groups is 1.